The first-order valence-corrected chi connectivity index (χ1v) is 3.85. The summed E-state index contributed by atoms with van der Waals surface area (Å²) < 4.78 is 5.42. The van der Waals surface area contributed by atoms with Crippen molar-refractivity contribution in [3.05, 3.63) is 34.3 Å². The van der Waals surface area contributed by atoms with Crippen molar-refractivity contribution in [3.63, 3.8) is 0 Å². The van der Waals surface area contributed by atoms with Crippen LogP contribution >= 0.6 is 15.9 Å². The largest absolute Gasteiger partial charge is 0.452 e. The van der Waals surface area contributed by atoms with Crippen LogP contribution in [0.3, 0.4) is 0 Å². The van der Waals surface area contributed by atoms with Crippen LogP contribution in [0.4, 0.5) is 0 Å². The summed E-state index contributed by atoms with van der Waals surface area (Å²) in [6.07, 6.45) is 0. The van der Waals surface area contributed by atoms with E-state index in [0.717, 1.165) is 10.0 Å². The van der Waals surface area contributed by atoms with Gasteiger partial charge < -0.3 is 4.74 Å². The molecular formula is C8H6BrO2. The summed E-state index contributed by atoms with van der Waals surface area (Å²) in [5.41, 5.74) is 0.947. The van der Waals surface area contributed by atoms with Crippen LogP contribution in [0, 0.1) is 0 Å². The highest BCUT2D eigenvalue weighted by Gasteiger charge is 1.92. The molecule has 0 spiro atoms. The van der Waals surface area contributed by atoms with Crippen LogP contribution in [-0.4, -0.2) is 6.47 Å². The molecule has 0 unspecified atom stereocenters. The first kappa shape index (κ1) is 8.27. The Kier molecular flexibility index (Phi) is 3.11. The van der Waals surface area contributed by atoms with E-state index in [1.807, 2.05) is 24.3 Å². The van der Waals surface area contributed by atoms with Crippen molar-refractivity contribution in [1.29, 1.82) is 0 Å². The number of hydrogen-bond donors (Lipinski definition) is 0. The molecule has 0 saturated carbocycles. The van der Waals surface area contributed by atoms with Gasteiger partial charge in [0.25, 0.3) is 0 Å². The predicted octanol–water partition coefficient (Wildman–Crippen LogP) is 2.03. The molecule has 1 radical (unpaired) electrons. The maximum atomic E-state index is 9.70. The maximum absolute atomic E-state index is 9.70. The summed E-state index contributed by atoms with van der Waals surface area (Å²) in [6, 6.07) is 7.56. The molecule has 0 aliphatic carbocycles. The molecule has 0 atom stereocenters. The van der Waals surface area contributed by atoms with Crippen molar-refractivity contribution in [2.45, 2.75) is 6.61 Å². The van der Waals surface area contributed by atoms with Gasteiger partial charge in [-0.3, -0.25) is 0 Å². The van der Waals surface area contributed by atoms with Crippen LogP contribution in [0.1, 0.15) is 5.56 Å². The van der Waals surface area contributed by atoms with Crippen molar-refractivity contribution >= 4 is 22.4 Å². The van der Waals surface area contributed by atoms with E-state index >= 15 is 0 Å². The van der Waals surface area contributed by atoms with E-state index < -0.39 is 0 Å². The number of benzene rings is 1. The molecule has 0 amide bonds. The Morgan fingerprint density at radius 1 is 1.55 bits per heavy atom. The van der Waals surface area contributed by atoms with Crippen LogP contribution < -0.4 is 0 Å². The molecule has 3 heteroatoms. The molecule has 0 fully saturated rings. The summed E-state index contributed by atoms with van der Waals surface area (Å²) in [7, 11) is 0. The fourth-order valence-corrected chi connectivity index (χ4v) is 1.19. The lowest BCUT2D eigenvalue weighted by Gasteiger charge is -1.97. The molecule has 0 bridgehead atoms. The second kappa shape index (κ2) is 4.13. The molecule has 0 saturated heterocycles. The average Bonchev–Trinajstić information content (AvgIpc) is 2.01. The van der Waals surface area contributed by atoms with E-state index in [1.165, 1.54) is 6.47 Å². The summed E-state index contributed by atoms with van der Waals surface area (Å²) in [5, 5.41) is 0. The number of carbonyl (C=O) groups excluding carboxylic acids is 1. The number of hydrogen-bond acceptors (Lipinski definition) is 2. The zero-order valence-corrected chi connectivity index (χ0v) is 7.30. The van der Waals surface area contributed by atoms with Crippen LogP contribution in [0.25, 0.3) is 0 Å². The Morgan fingerprint density at radius 2 is 2.36 bits per heavy atom. The Bertz CT molecular complexity index is 248. The second-order valence-corrected chi connectivity index (χ2v) is 2.92. The van der Waals surface area contributed by atoms with Gasteiger partial charge in [-0.25, -0.2) is 4.79 Å². The Morgan fingerprint density at radius 3 is 3.00 bits per heavy atom. The van der Waals surface area contributed by atoms with Crippen molar-refractivity contribution < 1.29 is 9.53 Å². The normalized spacial score (nSPS) is 9.18. The third-order valence-electron chi connectivity index (χ3n) is 1.19. The Balaban J connectivity index is 2.63. The van der Waals surface area contributed by atoms with Crippen LogP contribution in [-0.2, 0) is 16.1 Å². The molecule has 11 heavy (non-hydrogen) atoms. The average molecular weight is 214 g/mol. The number of halogens is 1. The summed E-state index contributed by atoms with van der Waals surface area (Å²) in [4.78, 5) is 9.70. The van der Waals surface area contributed by atoms with Crippen LogP contribution in [0.5, 0.6) is 0 Å². The first-order valence-electron chi connectivity index (χ1n) is 3.06. The second-order valence-electron chi connectivity index (χ2n) is 2.00. The minimum Gasteiger partial charge on any atom is -0.452 e. The van der Waals surface area contributed by atoms with E-state index in [2.05, 4.69) is 20.7 Å². The smallest absolute Gasteiger partial charge is 0.417 e. The van der Waals surface area contributed by atoms with E-state index in [0.29, 0.717) is 0 Å². The molecule has 1 aromatic rings. The van der Waals surface area contributed by atoms with E-state index in [9.17, 15) is 4.79 Å². The van der Waals surface area contributed by atoms with Gasteiger partial charge in [0.2, 0.25) is 0 Å². The Labute approximate surface area is 73.3 Å². The van der Waals surface area contributed by atoms with Gasteiger partial charge in [-0.15, -0.1) is 0 Å². The van der Waals surface area contributed by atoms with Gasteiger partial charge in [0.1, 0.15) is 6.61 Å². The first-order chi connectivity index (χ1) is 5.33. The molecule has 0 aliphatic rings. The zero-order chi connectivity index (χ0) is 8.10. The highest BCUT2D eigenvalue weighted by atomic mass is 79.9. The SMILES string of the molecule is O=[C]OCc1cccc(Br)c1. The summed E-state index contributed by atoms with van der Waals surface area (Å²) in [6.45, 7) is 1.65. The summed E-state index contributed by atoms with van der Waals surface area (Å²) >= 11 is 3.30. The van der Waals surface area contributed by atoms with Crippen molar-refractivity contribution in [2.75, 3.05) is 0 Å². The highest BCUT2D eigenvalue weighted by Crippen LogP contribution is 2.11. The molecule has 57 valence electrons. The number of rotatable bonds is 3. The Hall–Kier alpha value is -0.830. The standard InChI is InChI=1S/C8H6BrO2/c9-8-3-1-2-7(4-8)5-11-6-10/h1-4H,5H2. The topological polar surface area (TPSA) is 26.3 Å². The molecule has 1 aromatic carbocycles. The van der Waals surface area contributed by atoms with Gasteiger partial charge in [0, 0.05) is 4.47 Å². The molecular weight excluding hydrogens is 208 g/mol. The van der Waals surface area contributed by atoms with E-state index in [-0.39, 0.29) is 6.61 Å². The minimum atomic E-state index is 0.281. The third-order valence-corrected chi connectivity index (χ3v) is 1.68. The monoisotopic (exact) mass is 213 g/mol. The van der Waals surface area contributed by atoms with E-state index in [4.69, 9.17) is 0 Å². The zero-order valence-electron chi connectivity index (χ0n) is 5.71. The fraction of sp³-hybridized carbons (Fsp3) is 0.125. The van der Waals surface area contributed by atoms with Gasteiger partial charge in [-0.2, -0.15) is 0 Å². The lowest BCUT2D eigenvalue weighted by molar-refractivity contribution is 0.267. The van der Waals surface area contributed by atoms with Gasteiger partial charge in [0.05, 0.1) is 0 Å². The highest BCUT2D eigenvalue weighted by molar-refractivity contribution is 9.10. The van der Waals surface area contributed by atoms with Crippen molar-refractivity contribution in [3.8, 4) is 0 Å². The predicted molar refractivity (Wildman–Crippen MR) is 44.6 cm³/mol. The van der Waals surface area contributed by atoms with Gasteiger partial charge in [-0.05, 0) is 17.7 Å². The van der Waals surface area contributed by atoms with Crippen molar-refractivity contribution in [2.24, 2.45) is 0 Å². The van der Waals surface area contributed by atoms with Gasteiger partial charge in [-0.1, -0.05) is 28.1 Å². The molecule has 0 heterocycles. The molecule has 0 aliphatic heterocycles. The molecule has 2 nitrogen and oxygen atoms in total. The maximum Gasteiger partial charge on any atom is 0.417 e. The number of ether oxygens (including phenoxy) is 1. The van der Waals surface area contributed by atoms with Gasteiger partial charge >= 0.3 is 6.47 Å². The minimum absolute atomic E-state index is 0.281. The van der Waals surface area contributed by atoms with Crippen molar-refractivity contribution in [1.82, 2.24) is 0 Å². The fourth-order valence-electron chi connectivity index (χ4n) is 0.740. The summed E-state index contributed by atoms with van der Waals surface area (Å²) in [5.74, 6) is 0. The third kappa shape index (κ3) is 2.72. The quantitative estimate of drug-likeness (QED) is 0.769. The molecule has 0 aromatic heterocycles. The van der Waals surface area contributed by atoms with Gasteiger partial charge in [0.15, 0.2) is 0 Å². The van der Waals surface area contributed by atoms with Crippen LogP contribution in [0.2, 0.25) is 0 Å². The van der Waals surface area contributed by atoms with Crippen LogP contribution in [0.15, 0.2) is 28.7 Å². The molecule has 0 N–H and O–H groups in total. The van der Waals surface area contributed by atoms with E-state index in [1.54, 1.807) is 0 Å². The lowest BCUT2D eigenvalue weighted by Crippen LogP contribution is -1.88. The lowest BCUT2D eigenvalue weighted by atomic mass is 10.2. The molecule has 1 rings (SSSR count).